The van der Waals surface area contributed by atoms with Gasteiger partial charge in [0.1, 0.15) is 11.5 Å². The minimum atomic E-state index is -0.780. The van der Waals surface area contributed by atoms with Crippen LogP contribution >= 0.6 is 0 Å². The van der Waals surface area contributed by atoms with Gasteiger partial charge in [-0.05, 0) is 31.9 Å². The Hall–Kier alpha value is -1.71. The van der Waals surface area contributed by atoms with Crippen LogP contribution < -0.4 is 9.47 Å². The first-order valence-electron chi connectivity index (χ1n) is 5.69. The van der Waals surface area contributed by atoms with Gasteiger partial charge in [0.2, 0.25) is 0 Å². The van der Waals surface area contributed by atoms with Crippen LogP contribution in [-0.2, 0) is 11.2 Å². The first kappa shape index (κ1) is 13.4. The van der Waals surface area contributed by atoms with E-state index in [0.29, 0.717) is 19.4 Å². The van der Waals surface area contributed by atoms with Crippen molar-refractivity contribution in [2.75, 3.05) is 13.7 Å². The summed E-state index contributed by atoms with van der Waals surface area (Å²) in [7, 11) is 1.60. The number of carboxylic acids is 1. The summed E-state index contributed by atoms with van der Waals surface area (Å²) in [5, 5.41) is 8.63. The van der Waals surface area contributed by atoms with Crippen LogP contribution in [0, 0.1) is 0 Å². The minimum absolute atomic E-state index is 0.156. The molecule has 1 aromatic carbocycles. The van der Waals surface area contributed by atoms with E-state index >= 15 is 0 Å². The standard InChI is InChI=1S/C13H18O4/c1-3-17-12-8-5-7-11(16-2)10(12)6-4-9-13(14)15/h5,7-8H,3-4,6,9H2,1-2H3,(H,14,15). The van der Waals surface area contributed by atoms with E-state index in [2.05, 4.69) is 0 Å². The molecule has 4 nitrogen and oxygen atoms in total. The molecule has 0 atom stereocenters. The van der Waals surface area contributed by atoms with Crippen molar-refractivity contribution in [3.8, 4) is 11.5 Å². The van der Waals surface area contributed by atoms with E-state index < -0.39 is 5.97 Å². The monoisotopic (exact) mass is 238 g/mol. The van der Waals surface area contributed by atoms with Gasteiger partial charge in [0.25, 0.3) is 0 Å². The summed E-state index contributed by atoms with van der Waals surface area (Å²) in [6.45, 7) is 2.50. The number of ether oxygens (including phenoxy) is 2. The van der Waals surface area contributed by atoms with Crippen LogP contribution in [-0.4, -0.2) is 24.8 Å². The molecule has 1 N–H and O–H groups in total. The van der Waals surface area contributed by atoms with Gasteiger partial charge >= 0.3 is 5.97 Å². The van der Waals surface area contributed by atoms with Gasteiger partial charge < -0.3 is 14.6 Å². The van der Waals surface area contributed by atoms with Crippen LogP contribution in [0.5, 0.6) is 11.5 Å². The summed E-state index contributed by atoms with van der Waals surface area (Å²) in [4.78, 5) is 10.5. The fraction of sp³-hybridized carbons (Fsp3) is 0.462. The third kappa shape index (κ3) is 3.98. The quantitative estimate of drug-likeness (QED) is 0.793. The van der Waals surface area contributed by atoms with E-state index in [4.69, 9.17) is 14.6 Å². The van der Waals surface area contributed by atoms with Crippen LogP contribution in [0.15, 0.2) is 18.2 Å². The van der Waals surface area contributed by atoms with Crippen LogP contribution in [0.3, 0.4) is 0 Å². The van der Waals surface area contributed by atoms with Gasteiger partial charge in [-0.3, -0.25) is 4.79 Å². The van der Waals surface area contributed by atoms with Gasteiger partial charge in [0.05, 0.1) is 13.7 Å². The highest BCUT2D eigenvalue weighted by atomic mass is 16.5. The van der Waals surface area contributed by atoms with Gasteiger partial charge in [-0.1, -0.05) is 6.07 Å². The molecule has 0 amide bonds. The topological polar surface area (TPSA) is 55.8 Å². The number of carbonyl (C=O) groups is 1. The lowest BCUT2D eigenvalue weighted by Gasteiger charge is -2.13. The maximum atomic E-state index is 10.5. The number of methoxy groups -OCH3 is 1. The maximum absolute atomic E-state index is 10.5. The summed E-state index contributed by atoms with van der Waals surface area (Å²) in [5.41, 5.74) is 0.943. The molecular weight excluding hydrogens is 220 g/mol. The van der Waals surface area contributed by atoms with Gasteiger partial charge in [-0.15, -0.1) is 0 Å². The molecular formula is C13H18O4. The molecule has 0 saturated carbocycles. The summed E-state index contributed by atoms with van der Waals surface area (Å²) in [5.74, 6) is 0.747. The van der Waals surface area contributed by atoms with Crippen molar-refractivity contribution in [3.63, 3.8) is 0 Å². The molecule has 1 rings (SSSR count). The lowest BCUT2D eigenvalue weighted by molar-refractivity contribution is -0.137. The fourth-order valence-electron chi connectivity index (χ4n) is 1.69. The second-order valence-electron chi connectivity index (χ2n) is 3.62. The molecule has 0 saturated heterocycles. The van der Waals surface area contributed by atoms with Gasteiger partial charge in [0.15, 0.2) is 0 Å². The van der Waals surface area contributed by atoms with Gasteiger partial charge in [-0.2, -0.15) is 0 Å². The molecule has 1 aromatic rings. The molecule has 0 aliphatic rings. The second-order valence-corrected chi connectivity index (χ2v) is 3.62. The molecule has 0 aliphatic carbocycles. The van der Waals surface area contributed by atoms with Gasteiger partial charge in [-0.25, -0.2) is 0 Å². The molecule has 0 heterocycles. The number of rotatable bonds is 7. The molecule has 0 unspecified atom stereocenters. The van der Waals surface area contributed by atoms with E-state index in [0.717, 1.165) is 17.1 Å². The Balaban J connectivity index is 2.80. The van der Waals surface area contributed by atoms with Crippen molar-refractivity contribution in [1.29, 1.82) is 0 Å². The summed E-state index contributed by atoms with van der Waals surface area (Å²) < 4.78 is 10.8. The largest absolute Gasteiger partial charge is 0.496 e. The van der Waals surface area contributed by atoms with E-state index in [1.54, 1.807) is 7.11 Å². The number of benzene rings is 1. The smallest absolute Gasteiger partial charge is 0.303 e. The Labute approximate surface area is 101 Å². The van der Waals surface area contributed by atoms with E-state index in [1.165, 1.54) is 0 Å². The van der Waals surface area contributed by atoms with Crippen molar-refractivity contribution in [2.24, 2.45) is 0 Å². The van der Waals surface area contributed by atoms with Crippen LogP contribution in [0.25, 0.3) is 0 Å². The number of carboxylic acid groups (broad SMARTS) is 1. The lowest BCUT2D eigenvalue weighted by Crippen LogP contribution is -2.01. The predicted molar refractivity (Wildman–Crippen MR) is 64.7 cm³/mol. The molecule has 17 heavy (non-hydrogen) atoms. The average Bonchev–Trinajstić information content (AvgIpc) is 2.30. The molecule has 0 radical (unpaired) electrons. The third-order valence-electron chi connectivity index (χ3n) is 2.43. The summed E-state index contributed by atoms with van der Waals surface area (Å²) in [6, 6.07) is 5.60. The highest BCUT2D eigenvalue weighted by Crippen LogP contribution is 2.29. The van der Waals surface area contributed by atoms with E-state index in [-0.39, 0.29) is 6.42 Å². The number of aliphatic carboxylic acids is 1. The third-order valence-corrected chi connectivity index (χ3v) is 2.43. The Kier molecular flexibility index (Phi) is 5.33. The van der Waals surface area contributed by atoms with E-state index in [9.17, 15) is 4.79 Å². The van der Waals surface area contributed by atoms with Crippen LogP contribution in [0.4, 0.5) is 0 Å². The van der Waals surface area contributed by atoms with E-state index in [1.807, 2.05) is 25.1 Å². The SMILES string of the molecule is CCOc1cccc(OC)c1CCCC(=O)O. The Morgan fingerprint density at radius 1 is 1.35 bits per heavy atom. The number of hydrogen-bond donors (Lipinski definition) is 1. The zero-order valence-corrected chi connectivity index (χ0v) is 10.2. The maximum Gasteiger partial charge on any atom is 0.303 e. The molecule has 0 spiro atoms. The van der Waals surface area contributed by atoms with Crippen molar-refractivity contribution in [1.82, 2.24) is 0 Å². The Morgan fingerprint density at radius 2 is 2.06 bits per heavy atom. The van der Waals surface area contributed by atoms with Crippen LogP contribution in [0.2, 0.25) is 0 Å². The van der Waals surface area contributed by atoms with Crippen molar-refractivity contribution in [3.05, 3.63) is 23.8 Å². The van der Waals surface area contributed by atoms with Crippen molar-refractivity contribution < 1.29 is 19.4 Å². The number of hydrogen-bond acceptors (Lipinski definition) is 3. The normalized spacial score (nSPS) is 10.0. The molecule has 4 heteroatoms. The average molecular weight is 238 g/mol. The molecule has 0 aliphatic heterocycles. The fourth-order valence-corrected chi connectivity index (χ4v) is 1.69. The molecule has 0 aromatic heterocycles. The minimum Gasteiger partial charge on any atom is -0.496 e. The first-order chi connectivity index (χ1) is 8.19. The predicted octanol–water partition coefficient (Wildman–Crippen LogP) is 2.50. The summed E-state index contributed by atoms with van der Waals surface area (Å²) in [6.07, 6.45) is 1.38. The zero-order chi connectivity index (χ0) is 12.7. The first-order valence-corrected chi connectivity index (χ1v) is 5.69. The molecule has 94 valence electrons. The lowest BCUT2D eigenvalue weighted by atomic mass is 10.1. The molecule has 0 bridgehead atoms. The Bertz CT molecular complexity index is 374. The second kappa shape index (κ2) is 6.78. The highest BCUT2D eigenvalue weighted by Gasteiger charge is 2.10. The van der Waals surface area contributed by atoms with Crippen molar-refractivity contribution >= 4 is 5.97 Å². The zero-order valence-electron chi connectivity index (χ0n) is 10.2. The Morgan fingerprint density at radius 3 is 2.65 bits per heavy atom. The van der Waals surface area contributed by atoms with Gasteiger partial charge in [0, 0.05) is 12.0 Å². The highest BCUT2D eigenvalue weighted by molar-refractivity contribution is 5.66. The summed E-state index contributed by atoms with van der Waals surface area (Å²) >= 11 is 0. The molecule has 0 fully saturated rings. The van der Waals surface area contributed by atoms with Crippen molar-refractivity contribution in [2.45, 2.75) is 26.2 Å². The van der Waals surface area contributed by atoms with Crippen LogP contribution in [0.1, 0.15) is 25.3 Å².